The maximum Gasteiger partial charge on any atom is 0.320 e. The Morgan fingerprint density at radius 2 is 1.44 bits per heavy atom. The van der Waals surface area contributed by atoms with E-state index in [1.165, 1.54) is 0 Å². The number of esters is 2. The molecule has 0 N–H and O–H groups in total. The van der Waals surface area contributed by atoms with E-state index in [0.29, 0.717) is 17.5 Å². The number of carbonyl (C=O) groups excluding carboxylic acids is 4. The molecule has 1 heterocycles. The van der Waals surface area contributed by atoms with Crippen LogP contribution < -0.4 is 0 Å². The summed E-state index contributed by atoms with van der Waals surface area (Å²) in [5, 5.41) is 0. The Kier molecular flexibility index (Phi) is 6.27. The molecule has 0 aliphatic carbocycles. The molecule has 1 aromatic carbocycles. The van der Waals surface area contributed by atoms with Crippen LogP contribution in [0, 0.1) is 5.92 Å². The van der Waals surface area contributed by atoms with Gasteiger partial charge in [0.05, 0.1) is 24.3 Å². The van der Waals surface area contributed by atoms with E-state index in [2.05, 4.69) is 0 Å². The van der Waals surface area contributed by atoms with Gasteiger partial charge < -0.3 is 9.47 Å². The zero-order valence-electron chi connectivity index (χ0n) is 14.3. The molecule has 0 saturated heterocycles. The largest absolute Gasteiger partial charge is 0.465 e. The van der Waals surface area contributed by atoms with Gasteiger partial charge in [-0.2, -0.15) is 0 Å². The van der Waals surface area contributed by atoms with E-state index in [4.69, 9.17) is 9.47 Å². The second kappa shape index (κ2) is 8.41. The summed E-state index contributed by atoms with van der Waals surface area (Å²) in [5.74, 6) is -3.06. The van der Waals surface area contributed by atoms with E-state index in [1.54, 1.807) is 38.1 Å². The van der Waals surface area contributed by atoms with Gasteiger partial charge >= 0.3 is 11.9 Å². The fourth-order valence-corrected chi connectivity index (χ4v) is 2.71. The van der Waals surface area contributed by atoms with Gasteiger partial charge in [0, 0.05) is 6.54 Å². The van der Waals surface area contributed by atoms with Crippen LogP contribution in [0.5, 0.6) is 0 Å². The Labute approximate surface area is 145 Å². The predicted octanol–water partition coefficient (Wildman–Crippen LogP) is 1.81. The topological polar surface area (TPSA) is 90.0 Å². The van der Waals surface area contributed by atoms with Gasteiger partial charge in [-0.05, 0) is 38.8 Å². The average Bonchev–Trinajstić information content (AvgIpc) is 2.84. The molecule has 0 radical (unpaired) electrons. The minimum Gasteiger partial charge on any atom is -0.465 e. The number of imide groups is 1. The minimum absolute atomic E-state index is 0.127. The van der Waals surface area contributed by atoms with Crippen LogP contribution >= 0.6 is 0 Å². The van der Waals surface area contributed by atoms with Crippen molar-refractivity contribution in [2.45, 2.75) is 26.7 Å². The molecule has 1 aliphatic heterocycles. The molecular weight excluding hydrogens is 326 g/mol. The van der Waals surface area contributed by atoms with Crippen molar-refractivity contribution < 1.29 is 28.7 Å². The van der Waals surface area contributed by atoms with Gasteiger partial charge in [-0.15, -0.1) is 0 Å². The molecule has 134 valence electrons. The third-order valence-corrected chi connectivity index (χ3v) is 3.89. The summed E-state index contributed by atoms with van der Waals surface area (Å²) in [4.78, 5) is 49.5. The summed E-state index contributed by atoms with van der Waals surface area (Å²) in [5.41, 5.74) is 0.750. The molecule has 1 aliphatic rings. The first-order chi connectivity index (χ1) is 12.0. The lowest BCUT2D eigenvalue weighted by atomic mass is 10.0. The number of amides is 2. The molecule has 0 unspecified atom stereocenters. The zero-order valence-corrected chi connectivity index (χ0v) is 14.3. The van der Waals surface area contributed by atoms with Crippen LogP contribution in [0.25, 0.3) is 0 Å². The van der Waals surface area contributed by atoms with Gasteiger partial charge in [-0.3, -0.25) is 24.1 Å². The highest BCUT2D eigenvalue weighted by atomic mass is 16.6. The maximum absolute atomic E-state index is 12.3. The average molecular weight is 347 g/mol. The summed E-state index contributed by atoms with van der Waals surface area (Å²) in [6.07, 6.45) is 0.443. The molecule has 0 atom stereocenters. The molecule has 0 fully saturated rings. The highest BCUT2D eigenvalue weighted by Crippen LogP contribution is 2.23. The minimum atomic E-state index is -1.05. The first-order valence-electron chi connectivity index (χ1n) is 8.29. The summed E-state index contributed by atoms with van der Waals surface area (Å²) in [7, 11) is 0. The summed E-state index contributed by atoms with van der Waals surface area (Å²) in [6.45, 7) is 3.75. The van der Waals surface area contributed by atoms with Crippen molar-refractivity contribution in [3.8, 4) is 0 Å². The smallest absolute Gasteiger partial charge is 0.320 e. The molecule has 7 nitrogen and oxygen atoms in total. The van der Waals surface area contributed by atoms with E-state index in [0.717, 1.165) is 4.90 Å². The highest BCUT2D eigenvalue weighted by molar-refractivity contribution is 6.21. The van der Waals surface area contributed by atoms with Gasteiger partial charge in [0.25, 0.3) is 11.8 Å². The molecule has 1 aromatic rings. The van der Waals surface area contributed by atoms with Crippen molar-refractivity contribution in [3.05, 3.63) is 35.4 Å². The summed E-state index contributed by atoms with van der Waals surface area (Å²) < 4.78 is 9.80. The number of benzene rings is 1. The van der Waals surface area contributed by atoms with Crippen molar-refractivity contribution in [1.82, 2.24) is 4.90 Å². The molecule has 2 rings (SSSR count). The monoisotopic (exact) mass is 347 g/mol. The fraction of sp³-hybridized carbons (Fsp3) is 0.444. The third-order valence-electron chi connectivity index (χ3n) is 3.89. The van der Waals surface area contributed by atoms with Crippen molar-refractivity contribution >= 4 is 23.8 Å². The molecule has 2 amide bonds. The first kappa shape index (κ1) is 18.6. The van der Waals surface area contributed by atoms with Crippen LogP contribution in [0.4, 0.5) is 0 Å². The van der Waals surface area contributed by atoms with Crippen LogP contribution in [0.1, 0.15) is 47.4 Å². The molecule has 0 spiro atoms. The molecule has 0 bridgehead atoms. The Bertz CT molecular complexity index is 631. The predicted molar refractivity (Wildman–Crippen MR) is 87.8 cm³/mol. The Morgan fingerprint density at radius 3 is 1.88 bits per heavy atom. The molecular formula is C18H21NO6. The lowest BCUT2D eigenvalue weighted by molar-refractivity contribution is -0.161. The number of ether oxygens (including phenoxy) is 2. The molecule has 0 saturated carbocycles. The van der Waals surface area contributed by atoms with Crippen molar-refractivity contribution in [2.24, 2.45) is 5.92 Å². The van der Waals surface area contributed by atoms with E-state index < -0.39 is 17.9 Å². The van der Waals surface area contributed by atoms with Crippen molar-refractivity contribution in [1.29, 1.82) is 0 Å². The first-order valence-corrected chi connectivity index (χ1v) is 8.29. The van der Waals surface area contributed by atoms with E-state index in [9.17, 15) is 19.2 Å². The fourth-order valence-electron chi connectivity index (χ4n) is 2.71. The Morgan fingerprint density at radius 1 is 0.960 bits per heavy atom. The quantitative estimate of drug-likeness (QED) is 0.405. The second-order valence-corrected chi connectivity index (χ2v) is 5.51. The van der Waals surface area contributed by atoms with Crippen LogP contribution in [-0.4, -0.2) is 48.4 Å². The number of rotatable bonds is 8. The van der Waals surface area contributed by atoms with Crippen molar-refractivity contribution in [2.75, 3.05) is 19.8 Å². The van der Waals surface area contributed by atoms with Crippen LogP contribution in [0.15, 0.2) is 24.3 Å². The number of hydrogen-bond donors (Lipinski definition) is 0. The van der Waals surface area contributed by atoms with Crippen LogP contribution in [0.2, 0.25) is 0 Å². The summed E-state index contributed by atoms with van der Waals surface area (Å²) in [6, 6.07) is 6.61. The van der Waals surface area contributed by atoms with Gasteiger partial charge in [-0.25, -0.2) is 0 Å². The standard InChI is InChI=1S/C18H21NO6/c1-3-24-17(22)14(18(23)25-4-2)10-7-11-19-15(20)12-8-5-6-9-13(12)16(19)21/h5-6,8-9,14H,3-4,7,10-11H2,1-2H3. The van der Waals surface area contributed by atoms with Crippen LogP contribution in [0.3, 0.4) is 0 Å². The molecule has 0 aromatic heterocycles. The lowest BCUT2D eigenvalue weighted by Gasteiger charge is -2.17. The number of carbonyl (C=O) groups is 4. The third kappa shape index (κ3) is 4.04. The summed E-state index contributed by atoms with van der Waals surface area (Å²) >= 11 is 0. The van der Waals surface area contributed by atoms with Crippen molar-refractivity contribution in [3.63, 3.8) is 0 Å². The Balaban J connectivity index is 1.98. The lowest BCUT2D eigenvalue weighted by Crippen LogP contribution is -2.33. The highest BCUT2D eigenvalue weighted by Gasteiger charge is 2.35. The zero-order chi connectivity index (χ0) is 18.4. The molecule has 25 heavy (non-hydrogen) atoms. The van der Waals surface area contributed by atoms with Gasteiger partial charge in [-0.1, -0.05) is 12.1 Å². The van der Waals surface area contributed by atoms with Gasteiger partial charge in [0.2, 0.25) is 0 Å². The van der Waals surface area contributed by atoms with E-state index >= 15 is 0 Å². The number of hydrogen-bond acceptors (Lipinski definition) is 6. The van der Waals surface area contributed by atoms with E-state index in [1.807, 2.05) is 0 Å². The van der Waals surface area contributed by atoms with Gasteiger partial charge in [0.1, 0.15) is 0 Å². The Hall–Kier alpha value is -2.70. The SMILES string of the molecule is CCOC(=O)C(CCCN1C(=O)c2ccccc2C1=O)C(=O)OCC. The number of fused-ring (bicyclic) bond motifs is 1. The normalized spacial score (nSPS) is 13.2. The van der Waals surface area contributed by atoms with Crippen LogP contribution in [-0.2, 0) is 19.1 Å². The maximum atomic E-state index is 12.3. The second-order valence-electron chi connectivity index (χ2n) is 5.51. The van der Waals surface area contributed by atoms with Gasteiger partial charge in [0.15, 0.2) is 5.92 Å². The molecule has 7 heteroatoms. The number of nitrogens with zero attached hydrogens (tertiary/aromatic N) is 1. The van der Waals surface area contributed by atoms with E-state index in [-0.39, 0.29) is 38.0 Å².